The highest BCUT2D eigenvalue weighted by Crippen LogP contribution is 2.37. The van der Waals surface area contributed by atoms with Gasteiger partial charge in [0.2, 0.25) is 11.7 Å². The van der Waals surface area contributed by atoms with Crippen LogP contribution in [0.1, 0.15) is 11.7 Å². The predicted octanol–water partition coefficient (Wildman–Crippen LogP) is 3.72. The molecule has 1 aromatic carbocycles. The highest BCUT2D eigenvalue weighted by molar-refractivity contribution is 5.56. The standard InChI is InChI=1S/C13H8F3N3O2/c1-7-17-9(10(20-7)13(14,15)16)12-19-18-11(21-12)8-5-3-2-4-6-8/h2-6H,1H3. The summed E-state index contributed by atoms with van der Waals surface area (Å²) in [5.74, 6) is -1.60. The van der Waals surface area contributed by atoms with Crippen LogP contribution >= 0.6 is 0 Å². The number of hydrogen-bond donors (Lipinski definition) is 0. The van der Waals surface area contributed by atoms with Gasteiger partial charge in [-0.3, -0.25) is 0 Å². The van der Waals surface area contributed by atoms with Gasteiger partial charge in [0.05, 0.1) is 0 Å². The molecule has 8 heteroatoms. The molecule has 0 unspecified atom stereocenters. The molecule has 0 fully saturated rings. The van der Waals surface area contributed by atoms with E-state index in [9.17, 15) is 13.2 Å². The lowest BCUT2D eigenvalue weighted by atomic mass is 10.2. The molecule has 0 spiro atoms. The molecule has 3 rings (SSSR count). The maximum absolute atomic E-state index is 12.9. The van der Waals surface area contributed by atoms with Crippen LogP contribution in [-0.2, 0) is 6.18 Å². The average molecular weight is 295 g/mol. The highest BCUT2D eigenvalue weighted by Gasteiger charge is 2.41. The van der Waals surface area contributed by atoms with Crippen LogP contribution in [0.2, 0.25) is 0 Å². The third-order valence-corrected chi connectivity index (χ3v) is 2.64. The molecule has 0 amide bonds. The molecular weight excluding hydrogens is 287 g/mol. The number of nitrogens with zero attached hydrogens (tertiary/aromatic N) is 3. The van der Waals surface area contributed by atoms with E-state index < -0.39 is 17.6 Å². The maximum Gasteiger partial charge on any atom is 0.452 e. The first kappa shape index (κ1) is 13.3. The number of benzene rings is 1. The second-order valence-electron chi connectivity index (χ2n) is 4.19. The second-order valence-corrected chi connectivity index (χ2v) is 4.19. The van der Waals surface area contributed by atoms with E-state index in [1.54, 1.807) is 30.3 Å². The number of halogens is 3. The van der Waals surface area contributed by atoms with Crippen molar-refractivity contribution in [3.05, 3.63) is 42.0 Å². The SMILES string of the molecule is Cc1nc(-c2nnc(-c3ccccc3)o2)c(C(F)(F)F)o1. The Hall–Kier alpha value is -2.64. The summed E-state index contributed by atoms with van der Waals surface area (Å²) >= 11 is 0. The van der Waals surface area contributed by atoms with Crippen LogP contribution in [0, 0.1) is 6.92 Å². The predicted molar refractivity (Wildman–Crippen MR) is 65.0 cm³/mol. The van der Waals surface area contributed by atoms with Crippen molar-refractivity contribution in [2.24, 2.45) is 0 Å². The Morgan fingerprint density at radius 1 is 0.952 bits per heavy atom. The van der Waals surface area contributed by atoms with E-state index >= 15 is 0 Å². The van der Waals surface area contributed by atoms with Crippen LogP contribution in [0.3, 0.4) is 0 Å². The van der Waals surface area contributed by atoms with Gasteiger partial charge in [0.15, 0.2) is 11.6 Å². The molecule has 0 aliphatic heterocycles. The van der Waals surface area contributed by atoms with Crippen molar-refractivity contribution in [1.82, 2.24) is 15.2 Å². The van der Waals surface area contributed by atoms with Gasteiger partial charge in [0.1, 0.15) is 0 Å². The first-order chi connectivity index (χ1) is 9.95. The summed E-state index contributed by atoms with van der Waals surface area (Å²) in [4.78, 5) is 3.67. The normalized spacial score (nSPS) is 11.8. The highest BCUT2D eigenvalue weighted by atomic mass is 19.4. The van der Waals surface area contributed by atoms with Crippen LogP contribution in [0.4, 0.5) is 13.2 Å². The van der Waals surface area contributed by atoms with Gasteiger partial charge in [-0.1, -0.05) is 18.2 Å². The molecule has 2 heterocycles. The number of aromatic nitrogens is 3. The lowest BCUT2D eigenvalue weighted by Crippen LogP contribution is -2.05. The van der Waals surface area contributed by atoms with Crippen molar-refractivity contribution in [2.45, 2.75) is 13.1 Å². The molecule has 0 radical (unpaired) electrons. The van der Waals surface area contributed by atoms with Crippen LogP contribution in [0.15, 0.2) is 39.2 Å². The van der Waals surface area contributed by atoms with Gasteiger partial charge in [0, 0.05) is 12.5 Å². The van der Waals surface area contributed by atoms with Crippen molar-refractivity contribution in [3.63, 3.8) is 0 Å². The summed E-state index contributed by atoms with van der Waals surface area (Å²) in [6, 6.07) is 8.71. The molecule has 0 aliphatic rings. The average Bonchev–Trinajstić information content (AvgIpc) is 3.05. The number of hydrogen-bond acceptors (Lipinski definition) is 5. The Kier molecular flexibility index (Phi) is 3.00. The smallest absolute Gasteiger partial charge is 0.436 e. The van der Waals surface area contributed by atoms with E-state index in [4.69, 9.17) is 4.42 Å². The van der Waals surface area contributed by atoms with E-state index in [0.717, 1.165) is 0 Å². The summed E-state index contributed by atoms with van der Waals surface area (Å²) in [6.07, 6.45) is -4.68. The van der Waals surface area contributed by atoms with E-state index in [2.05, 4.69) is 19.6 Å². The summed E-state index contributed by atoms with van der Waals surface area (Å²) in [5.41, 5.74) is 0.0970. The monoisotopic (exact) mass is 295 g/mol. The minimum atomic E-state index is -4.68. The van der Waals surface area contributed by atoms with E-state index in [0.29, 0.717) is 5.56 Å². The van der Waals surface area contributed by atoms with E-state index in [1.807, 2.05) is 0 Å². The van der Waals surface area contributed by atoms with Crippen LogP contribution in [-0.4, -0.2) is 15.2 Å². The Morgan fingerprint density at radius 2 is 1.62 bits per heavy atom. The molecular formula is C13H8F3N3O2. The number of aryl methyl sites for hydroxylation is 1. The largest absolute Gasteiger partial charge is 0.452 e. The summed E-state index contributed by atoms with van der Waals surface area (Å²) < 4.78 is 48.4. The van der Waals surface area contributed by atoms with Crippen molar-refractivity contribution in [2.75, 3.05) is 0 Å². The van der Waals surface area contributed by atoms with Crippen LogP contribution in [0.5, 0.6) is 0 Å². The van der Waals surface area contributed by atoms with Gasteiger partial charge in [-0.05, 0) is 12.1 Å². The number of rotatable bonds is 2. The summed E-state index contributed by atoms with van der Waals surface area (Å²) in [6.45, 7) is 1.31. The summed E-state index contributed by atoms with van der Waals surface area (Å²) in [7, 11) is 0. The first-order valence-corrected chi connectivity index (χ1v) is 5.89. The Labute approximate surface area is 116 Å². The van der Waals surface area contributed by atoms with Crippen molar-refractivity contribution in [3.8, 4) is 23.0 Å². The van der Waals surface area contributed by atoms with Crippen molar-refractivity contribution >= 4 is 0 Å². The van der Waals surface area contributed by atoms with E-state index in [-0.39, 0.29) is 17.7 Å². The third kappa shape index (κ3) is 2.51. The molecule has 3 aromatic rings. The first-order valence-electron chi connectivity index (χ1n) is 5.89. The molecule has 21 heavy (non-hydrogen) atoms. The molecule has 0 aliphatic carbocycles. The van der Waals surface area contributed by atoms with Crippen LogP contribution < -0.4 is 0 Å². The molecule has 0 N–H and O–H groups in total. The maximum atomic E-state index is 12.9. The molecule has 0 saturated carbocycles. The Balaban J connectivity index is 2.05. The topological polar surface area (TPSA) is 65.0 Å². The third-order valence-electron chi connectivity index (χ3n) is 2.64. The molecule has 5 nitrogen and oxygen atoms in total. The molecule has 2 aromatic heterocycles. The fraction of sp³-hybridized carbons (Fsp3) is 0.154. The molecule has 108 valence electrons. The second kappa shape index (κ2) is 4.72. The van der Waals surface area contributed by atoms with Gasteiger partial charge in [0.25, 0.3) is 5.89 Å². The molecule has 0 saturated heterocycles. The minimum Gasteiger partial charge on any atom is -0.436 e. The molecule has 0 atom stereocenters. The van der Waals surface area contributed by atoms with Gasteiger partial charge >= 0.3 is 6.18 Å². The Morgan fingerprint density at radius 3 is 2.29 bits per heavy atom. The fourth-order valence-corrected chi connectivity index (χ4v) is 1.78. The zero-order chi connectivity index (χ0) is 15.0. The number of oxazole rings is 1. The number of alkyl halides is 3. The lowest BCUT2D eigenvalue weighted by molar-refractivity contribution is -0.152. The minimum absolute atomic E-state index is 0.111. The van der Waals surface area contributed by atoms with E-state index in [1.165, 1.54) is 6.92 Å². The Bertz CT molecular complexity index is 763. The van der Waals surface area contributed by atoms with Gasteiger partial charge < -0.3 is 8.83 Å². The summed E-state index contributed by atoms with van der Waals surface area (Å²) in [5, 5.41) is 7.34. The van der Waals surface area contributed by atoms with Crippen molar-refractivity contribution in [1.29, 1.82) is 0 Å². The van der Waals surface area contributed by atoms with Gasteiger partial charge in [-0.2, -0.15) is 13.2 Å². The van der Waals surface area contributed by atoms with Crippen molar-refractivity contribution < 1.29 is 22.0 Å². The van der Waals surface area contributed by atoms with Gasteiger partial charge in [-0.25, -0.2) is 4.98 Å². The quantitative estimate of drug-likeness (QED) is 0.721. The zero-order valence-electron chi connectivity index (χ0n) is 10.7. The van der Waals surface area contributed by atoms with Crippen LogP contribution in [0.25, 0.3) is 23.0 Å². The fourth-order valence-electron chi connectivity index (χ4n) is 1.78. The van der Waals surface area contributed by atoms with Gasteiger partial charge in [-0.15, -0.1) is 10.2 Å². The zero-order valence-corrected chi connectivity index (χ0v) is 10.7. The molecule has 0 bridgehead atoms. The lowest BCUT2D eigenvalue weighted by Gasteiger charge is -2.01.